The first-order chi connectivity index (χ1) is 9.56. The first-order valence-electron chi connectivity index (χ1n) is 8.26. The van der Waals surface area contributed by atoms with E-state index in [0.717, 1.165) is 0 Å². The Morgan fingerprint density at radius 1 is 0.750 bits per heavy atom. The summed E-state index contributed by atoms with van der Waals surface area (Å²) in [7, 11) is 0. The van der Waals surface area contributed by atoms with Gasteiger partial charge in [0.15, 0.2) is 0 Å². The second-order valence-electron chi connectivity index (χ2n) is 6.12. The molecule has 1 nitrogen and oxygen atoms in total. The van der Waals surface area contributed by atoms with E-state index in [-0.39, 0.29) is 5.54 Å². The Labute approximate surface area is 141 Å². The van der Waals surface area contributed by atoms with Crippen LogP contribution in [0.4, 0.5) is 0 Å². The molecule has 2 heteroatoms. The summed E-state index contributed by atoms with van der Waals surface area (Å²) < 4.78 is 4.07. The zero-order chi connectivity index (χ0) is 15.7. The smallest absolute Gasteiger partial charge is 0.0582 e. The third-order valence-corrected chi connectivity index (χ3v) is 4.41. The molecule has 2 aliphatic rings. The Morgan fingerprint density at radius 2 is 1.00 bits per heavy atom. The fraction of sp³-hybridized carbons (Fsp3) is 0.833. The standard InChI is InChI=1S/2C6H11.C4H9N.C2H5.Nb/c2*1-2-4-6-5-3-1;1-4(2,3)5;1-2;/h2*1H,2-6H2;1-3H3;1H2,2H3;/q2*-1;;-1;. The van der Waals surface area contributed by atoms with Gasteiger partial charge in [0.1, 0.15) is 0 Å². The Hall–Kier alpha value is 0.540. The maximum absolute atomic E-state index is 4.07. The summed E-state index contributed by atoms with van der Waals surface area (Å²) in [5.41, 5.74) is 0.189. The average Bonchev–Trinajstić information content (AvgIpc) is 2.53. The quantitative estimate of drug-likeness (QED) is 0.338. The average molecular weight is 359 g/mol. The zero-order valence-corrected chi connectivity index (χ0v) is 16.5. The van der Waals surface area contributed by atoms with Crippen LogP contribution in [0, 0.1) is 19.8 Å². The van der Waals surface area contributed by atoms with Crippen molar-refractivity contribution in [3.8, 4) is 0 Å². The first kappa shape index (κ1) is 22.8. The predicted octanol–water partition coefficient (Wildman–Crippen LogP) is 6.67. The summed E-state index contributed by atoms with van der Waals surface area (Å²) in [4.78, 5) is 0. The van der Waals surface area contributed by atoms with E-state index < -0.39 is 0 Å². The summed E-state index contributed by atoms with van der Waals surface area (Å²) in [6, 6.07) is 0. The molecule has 0 radical (unpaired) electrons. The Morgan fingerprint density at radius 3 is 1.05 bits per heavy atom. The molecular formula is C18H36NNb-3. The van der Waals surface area contributed by atoms with Crippen molar-refractivity contribution in [1.82, 2.24) is 0 Å². The van der Waals surface area contributed by atoms with Gasteiger partial charge in [0.05, 0.1) is 0 Å². The van der Waals surface area contributed by atoms with Crippen LogP contribution >= 0.6 is 0 Å². The minimum atomic E-state index is 0.189. The van der Waals surface area contributed by atoms with Gasteiger partial charge in [0, 0.05) is 0 Å². The SMILES string of the molecule is CC(C)(C)[N]=[Nb].[CH-]1CCCCC1.[CH-]1CCCCC1.[CH2-]C. The van der Waals surface area contributed by atoms with E-state index in [1.165, 1.54) is 85.1 Å². The van der Waals surface area contributed by atoms with Crippen LogP contribution in [0.2, 0.25) is 0 Å². The van der Waals surface area contributed by atoms with E-state index >= 15 is 0 Å². The normalized spacial score (nSPS) is 18.0. The summed E-state index contributed by atoms with van der Waals surface area (Å²) in [6.07, 6.45) is 19.0. The summed E-state index contributed by atoms with van der Waals surface area (Å²) in [5, 5.41) is 0. The largest absolute Gasteiger partial charge is 0.346 e. The molecular weight excluding hydrogens is 323 g/mol. The van der Waals surface area contributed by atoms with Crippen LogP contribution in [0.15, 0.2) is 3.34 Å². The minimum Gasteiger partial charge on any atom is -0.346 e. The van der Waals surface area contributed by atoms with Gasteiger partial charge in [0.25, 0.3) is 0 Å². The van der Waals surface area contributed by atoms with Crippen molar-refractivity contribution in [1.29, 1.82) is 0 Å². The third-order valence-electron chi connectivity index (χ3n) is 2.93. The predicted molar refractivity (Wildman–Crippen MR) is 88.0 cm³/mol. The van der Waals surface area contributed by atoms with Crippen molar-refractivity contribution in [2.75, 3.05) is 0 Å². The molecule has 0 unspecified atom stereocenters. The van der Waals surface area contributed by atoms with Gasteiger partial charge in [-0.3, -0.25) is 0 Å². The Balaban J connectivity index is 0. The topological polar surface area (TPSA) is 12.4 Å². The number of hydrogen-bond acceptors (Lipinski definition) is 1. The third kappa shape index (κ3) is 23.6. The van der Waals surface area contributed by atoms with Gasteiger partial charge in [-0.15, -0.1) is 0 Å². The molecule has 0 aromatic carbocycles. The van der Waals surface area contributed by atoms with Crippen molar-refractivity contribution in [2.45, 2.75) is 97.4 Å². The van der Waals surface area contributed by atoms with Crippen molar-refractivity contribution < 1.29 is 20.9 Å². The fourth-order valence-corrected chi connectivity index (χ4v) is 1.80. The Bertz CT molecular complexity index is 141. The zero-order valence-electron chi connectivity index (χ0n) is 14.3. The van der Waals surface area contributed by atoms with Gasteiger partial charge < -0.3 is 19.8 Å². The number of hydrogen-bond donors (Lipinski definition) is 0. The van der Waals surface area contributed by atoms with E-state index in [4.69, 9.17) is 0 Å². The number of nitrogens with zero attached hydrogens (tertiary/aromatic N) is 1. The maximum Gasteiger partial charge on any atom is -0.0582 e. The molecule has 2 rings (SSSR count). The van der Waals surface area contributed by atoms with E-state index in [2.05, 4.69) is 43.9 Å². The van der Waals surface area contributed by atoms with Crippen molar-refractivity contribution in [3.63, 3.8) is 0 Å². The van der Waals surface area contributed by atoms with E-state index in [9.17, 15) is 0 Å². The van der Waals surface area contributed by atoms with Crippen molar-refractivity contribution in [2.24, 2.45) is 3.34 Å². The fourth-order valence-electron chi connectivity index (χ4n) is 1.80. The molecule has 0 aromatic heterocycles. The first-order valence-corrected chi connectivity index (χ1v) is 9.25. The molecule has 2 saturated carbocycles. The number of rotatable bonds is 0. The van der Waals surface area contributed by atoms with Gasteiger partial charge in [0.2, 0.25) is 0 Å². The molecule has 0 aliphatic heterocycles. The van der Waals surface area contributed by atoms with Gasteiger partial charge >= 0.3 is 50.5 Å². The molecule has 0 saturated heterocycles. The van der Waals surface area contributed by atoms with Crippen LogP contribution in [-0.4, -0.2) is 5.54 Å². The summed E-state index contributed by atoms with van der Waals surface area (Å²) >= 11 is 1.52. The van der Waals surface area contributed by atoms with Gasteiger partial charge in [-0.1, -0.05) is 38.5 Å². The second-order valence-corrected chi connectivity index (χ2v) is 6.62. The van der Waals surface area contributed by atoms with Crippen LogP contribution in [0.3, 0.4) is 0 Å². The summed E-state index contributed by atoms with van der Waals surface area (Å²) in [6.45, 7) is 11.3. The minimum absolute atomic E-state index is 0.189. The van der Waals surface area contributed by atoms with Crippen LogP contribution in [0.25, 0.3) is 0 Å². The van der Waals surface area contributed by atoms with Crippen LogP contribution in [0.1, 0.15) is 91.9 Å². The van der Waals surface area contributed by atoms with E-state index in [1.807, 2.05) is 0 Å². The Kier molecular flexibility index (Phi) is 20.1. The van der Waals surface area contributed by atoms with Gasteiger partial charge in [-0.05, 0) is 0 Å². The molecule has 0 amide bonds. The monoisotopic (exact) mass is 359 g/mol. The maximum atomic E-state index is 4.07. The molecule has 0 spiro atoms. The molecule has 0 heterocycles. The van der Waals surface area contributed by atoms with Crippen molar-refractivity contribution in [3.05, 3.63) is 19.8 Å². The van der Waals surface area contributed by atoms with Gasteiger partial charge in [-0.25, -0.2) is 0 Å². The van der Waals surface area contributed by atoms with Crippen LogP contribution < -0.4 is 0 Å². The molecule has 2 fully saturated rings. The van der Waals surface area contributed by atoms with Crippen molar-refractivity contribution >= 4 is 0 Å². The molecule has 121 valence electrons. The molecule has 0 atom stereocenters. The van der Waals surface area contributed by atoms with E-state index in [1.54, 1.807) is 6.92 Å². The molecule has 0 aromatic rings. The molecule has 0 N–H and O–H groups in total. The molecule has 2 aliphatic carbocycles. The van der Waals surface area contributed by atoms with Crippen LogP contribution in [0.5, 0.6) is 0 Å². The molecule has 20 heavy (non-hydrogen) atoms. The second kappa shape index (κ2) is 17.6. The van der Waals surface area contributed by atoms with E-state index in [0.29, 0.717) is 0 Å². The van der Waals surface area contributed by atoms with Gasteiger partial charge in [-0.2, -0.15) is 32.6 Å². The summed E-state index contributed by atoms with van der Waals surface area (Å²) in [5.74, 6) is 0. The molecule has 0 bridgehead atoms. The van der Waals surface area contributed by atoms with Crippen LogP contribution in [-0.2, 0) is 20.9 Å².